The van der Waals surface area contributed by atoms with Gasteiger partial charge in [-0.05, 0) is 24.6 Å². The van der Waals surface area contributed by atoms with Crippen LogP contribution in [0.25, 0.3) is 16.9 Å². The van der Waals surface area contributed by atoms with Crippen LogP contribution in [-0.4, -0.2) is 21.6 Å². The second kappa shape index (κ2) is 5.84. The third-order valence-corrected chi connectivity index (χ3v) is 3.59. The summed E-state index contributed by atoms with van der Waals surface area (Å²) < 4.78 is 7.29. The zero-order chi connectivity index (χ0) is 14.8. The molecule has 5 heteroatoms. The molecule has 0 N–H and O–H groups in total. The maximum atomic E-state index is 6.08. The standard InChI is InChI=1S/C16H16ClN3O/c1-11-7-13-16(18-9-11)20(15(8-17)19-13)14-6-4-3-5-12(14)10-21-2/h3-7,9H,8,10H2,1-2H3. The number of aryl methyl sites for hydroxylation is 1. The van der Waals surface area contributed by atoms with Gasteiger partial charge in [-0.3, -0.25) is 4.57 Å². The van der Waals surface area contributed by atoms with Crippen molar-refractivity contribution in [2.75, 3.05) is 7.11 Å². The second-order valence-corrected chi connectivity index (χ2v) is 5.18. The van der Waals surface area contributed by atoms with Gasteiger partial charge in [-0.2, -0.15) is 0 Å². The number of halogens is 1. The first kappa shape index (κ1) is 14.0. The minimum Gasteiger partial charge on any atom is -0.380 e. The van der Waals surface area contributed by atoms with Crippen LogP contribution >= 0.6 is 11.6 Å². The van der Waals surface area contributed by atoms with Gasteiger partial charge in [0.1, 0.15) is 11.3 Å². The topological polar surface area (TPSA) is 39.9 Å². The molecule has 3 rings (SSSR count). The minimum atomic E-state index is 0.330. The van der Waals surface area contributed by atoms with E-state index in [1.54, 1.807) is 7.11 Å². The fourth-order valence-corrected chi connectivity index (χ4v) is 2.64. The van der Waals surface area contributed by atoms with Crippen molar-refractivity contribution in [2.24, 2.45) is 0 Å². The first-order chi connectivity index (χ1) is 10.2. The molecule has 21 heavy (non-hydrogen) atoms. The molecular formula is C16H16ClN3O. The smallest absolute Gasteiger partial charge is 0.164 e. The highest BCUT2D eigenvalue weighted by Gasteiger charge is 2.15. The van der Waals surface area contributed by atoms with Gasteiger partial charge in [0.05, 0.1) is 18.2 Å². The Hall–Kier alpha value is -1.91. The van der Waals surface area contributed by atoms with Crippen molar-refractivity contribution in [1.29, 1.82) is 0 Å². The van der Waals surface area contributed by atoms with Gasteiger partial charge < -0.3 is 4.74 Å². The van der Waals surface area contributed by atoms with E-state index in [1.807, 2.05) is 48.0 Å². The number of hydrogen-bond donors (Lipinski definition) is 0. The average Bonchev–Trinajstić information content (AvgIpc) is 2.85. The number of nitrogens with zero attached hydrogens (tertiary/aromatic N) is 3. The van der Waals surface area contributed by atoms with Crippen molar-refractivity contribution in [3.8, 4) is 5.69 Å². The molecule has 0 aliphatic rings. The lowest BCUT2D eigenvalue weighted by molar-refractivity contribution is 0.185. The zero-order valence-electron chi connectivity index (χ0n) is 12.0. The fourth-order valence-electron chi connectivity index (χ4n) is 2.46. The van der Waals surface area contributed by atoms with E-state index in [-0.39, 0.29) is 0 Å². The van der Waals surface area contributed by atoms with Crippen LogP contribution in [0.1, 0.15) is 17.0 Å². The Morgan fingerprint density at radius 3 is 2.86 bits per heavy atom. The van der Waals surface area contributed by atoms with Gasteiger partial charge in [-0.25, -0.2) is 9.97 Å². The summed E-state index contributed by atoms with van der Waals surface area (Å²) in [5, 5.41) is 0. The SMILES string of the molecule is COCc1ccccc1-n1c(CCl)nc2cc(C)cnc21. The van der Waals surface area contributed by atoms with Gasteiger partial charge in [0.2, 0.25) is 0 Å². The van der Waals surface area contributed by atoms with Crippen LogP contribution in [0.5, 0.6) is 0 Å². The number of ether oxygens (including phenoxy) is 1. The lowest BCUT2D eigenvalue weighted by Crippen LogP contribution is -2.04. The van der Waals surface area contributed by atoms with Crippen molar-refractivity contribution < 1.29 is 4.74 Å². The molecule has 1 aromatic carbocycles. The lowest BCUT2D eigenvalue weighted by atomic mass is 10.2. The number of fused-ring (bicyclic) bond motifs is 1. The van der Waals surface area contributed by atoms with E-state index < -0.39 is 0 Å². The van der Waals surface area contributed by atoms with E-state index in [1.165, 1.54) is 0 Å². The Labute approximate surface area is 128 Å². The monoisotopic (exact) mass is 301 g/mol. The highest BCUT2D eigenvalue weighted by atomic mass is 35.5. The molecule has 0 saturated carbocycles. The molecule has 2 heterocycles. The van der Waals surface area contributed by atoms with Crippen molar-refractivity contribution in [3.63, 3.8) is 0 Å². The molecule has 4 nitrogen and oxygen atoms in total. The molecule has 2 aromatic heterocycles. The second-order valence-electron chi connectivity index (χ2n) is 4.91. The van der Waals surface area contributed by atoms with Crippen molar-refractivity contribution in [2.45, 2.75) is 19.4 Å². The summed E-state index contributed by atoms with van der Waals surface area (Å²) in [4.78, 5) is 9.13. The number of hydrogen-bond acceptors (Lipinski definition) is 3. The predicted octanol–water partition coefficient (Wildman–Crippen LogP) is 3.61. The van der Waals surface area contributed by atoms with Gasteiger partial charge in [0.15, 0.2) is 5.65 Å². The summed E-state index contributed by atoms with van der Waals surface area (Å²) in [6, 6.07) is 10.1. The molecular weight excluding hydrogens is 286 g/mol. The number of alkyl halides is 1. The Kier molecular flexibility index (Phi) is 3.90. The molecule has 0 radical (unpaired) electrons. The van der Waals surface area contributed by atoms with E-state index >= 15 is 0 Å². The maximum Gasteiger partial charge on any atom is 0.164 e. The van der Waals surface area contributed by atoms with E-state index in [0.717, 1.165) is 33.8 Å². The molecule has 0 amide bonds. The number of para-hydroxylation sites is 1. The number of rotatable bonds is 4. The summed E-state index contributed by atoms with van der Waals surface area (Å²) in [7, 11) is 1.69. The fraction of sp³-hybridized carbons (Fsp3) is 0.250. The third-order valence-electron chi connectivity index (χ3n) is 3.36. The van der Waals surface area contributed by atoms with Crippen LogP contribution in [-0.2, 0) is 17.2 Å². The third kappa shape index (κ3) is 2.52. The van der Waals surface area contributed by atoms with Gasteiger partial charge in [-0.15, -0.1) is 11.6 Å². The minimum absolute atomic E-state index is 0.330. The van der Waals surface area contributed by atoms with E-state index in [2.05, 4.69) is 9.97 Å². The molecule has 0 saturated heterocycles. The Balaban J connectivity index is 2.29. The molecule has 0 bridgehead atoms. The summed E-state index contributed by atoms with van der Waals surface area (Å²) in [6.45, 7) is 2.54. The largest absolute Gasteiger partial charge is 0.380 e. The quantitative estimate of drug-likeness (QED) is 0.691. The lowest BCUT2D eigenvalue weighted by Gasteiger charge is -2.12. The molecule has 0 fully saturated rings. The van der Waals surface area contributed by atoms with Crippen LogP contribution in [0.15, 0.2) is 36.5 Å². The van der Waals surface area contributed by atoms with Gasteiger partial charge in [0.25, 0.3) is 0 Å². The first-order valence-electron chi connectivity index (χ1n) is 6.71. The number of imidazole rings is 1. The molecule has 0 aliphatic carbocycles. The van der Waals surface area contributed by atoms with Crippen molar-refractivity contribution >= 4 is 22.8 Å². The maximum absolute atomic E-state index is 6.08. The molecule has 0 spiro atoms. The normalized spacial score (nSPS) is 11.2. The summed E-state index contributed by atoms with van der Waals surface area (Å²) in [5.41, 5.74) is 4.85. The van der Waals surface area contributed by atoms with Crippen LogP contribution < -0.4 is 0 Å². The van der Waals surface area contributed by atoms with Crippen LogP contribution in [0.2, 0.25) is 0 Å². The molecule has 3 aromatic rings. The van der Waals surface area contributed by atoms with Gasteiger partial charge >= 0.3 is 0 Å². The molecule has 0 unspecified atom stereocenters. The van der Waals surface area contributed by atoms with Crippen LogP contribution in [0.4, 0.5) is 0 Å². The molecule has 108 valence electrons. The Morgan fingerprint density at radius 2 is 2.10 bits per heavy atom. The van der Waals surface area contributed by atoms with Crippen molar-refractivity contribution in [3.05, 3.63) is 53.5 Å². The van der Waals surface area contributed by atoms with Crippen LogP contribution in [0.3, 0.4) is 0 Å². The number of benzene rings is 1. The Morgan fingerprint density at radius 1 is 1.29 bits per heavy atom. The van der Waals surface area contributed by atoms with Gasteiger partial charge in [0, 0.05) is 18.9 Å². The number of aromatic nitrogens is 3. The van der Waals surface area contributed by atoms with Crippen LogP contribution in [0, 0.1) is 6.92 Å². The van der Waals surface area contributed by atoms with E-state index in [9.17, 15) is 0 Å². The summed E-state index contributed by atoms with van der Waals surface area (Å²) >= 11 is 6.08. The Bertz CT molecular complexity index is 782. The first-order valence-corrected chi connectivity index (χ1v) is 7.25. The van der Waals surface area contributed by atoms with Crippen molar-refractivity contribution in [1.82, 2.24) is 14.5 Å². The molecule has 0 aliphatic heterocycles. The predicted molar refractivity (Wildman–Crippen MR) is 83.9 cm³/mol. The average molecular weight is 302 g/mol. The highest BCUT2D eigenvalue weighted by molar-refractivity contribution is 6.16. The number of pyridine rings is 1. The van der Waals surface area contributed by atoms with E-state index in [0.29, 0.717) is 12.5 Å². The van der Waals surface area contributed by atoms with E-state index in [4.69, 9.17) is 16.3 Å². The number of methoxy groups -OCH3 is 1. The summed E-state index contributed by atoms with van der Waals surface area (Å²) in [5.74, 6) is 1.12. The highest BCUT2D eigenvalue weighted by Crippen LogP contribution is 2.24. The van der Waals surface area contributed by atoms with Gasteiger partial charge in [-0.1, -0.05) is 18.2 Å². The zero-order valence-corrected chi connectivity index (χ0v) is 12.8. The summed E-state index contributed by atoms with van der Waals surface area (Å²) in [6.07, 6.45) is 1.84. The molecule has 0 atom stereocenters.